The number of nitrogens with two attached hydrogens (primary N) is 1. The number of piperidine rings is 1. The van der Waals surface area contributed by atoms with Gasteiger partial charge in [0.15, 0.2) is 0 Å². The number of aromatic nitrogens is 1. The average molecular weight is 298 g/mol. The highest BCUT2D eigenvalue weighted by molar-refractivity contribution is 9.10. The van der Waals surface area contributed by atoms with E-state index in [-0.39, 0.29) is 0 Å². The minimum Gasteiger partial charge on any atom is -0.397 e. The third-order valence-corrected chi connectivity index (χ3v) is 4.21. The summed E-state index contributed by atoms with van der Waals surface area (Å²) < 4.78 is 1.00. The lowest BCUT2D eigenvalue weighted by Crippen LogP contribution is -2.35. The van der Waals surface area contributed by atoms with Crippen LogP contribution in [-0.2, 0) is 0 Å². The number of anilines is 2. The molecule has 0 radical (unpaired) electrons. The predicted molar refractivity (Wildman–Crippen MR) is 76.1 cm³/mol. The van der Waals surface area contributed by atoms with Crippen molar-refractivity contribution in [2.75, 3.05) is 23.7 Å². The molecule has 1 aliphatic heterocycles. The fourth-order valence-corrected chi connectivity index (χ4v) is 3.07. The van der Waals surface area contributed by atoms with Crippen LogP contribution in [0, 0.1) is 11.8 Å². The zero-order valence-corrected chi connectivity index (χ0v) is 12.1. The van der Waals surface area contributed by atoms with Crippen molar-refractivity contribution < 1.29 is 0 Å². The van der Waals surface area contributed by atoms with E-state index in [1.165, 1.54) is 12.8 Å². The first-order valence-corrected chi connectivity index (χ1v) is 7.03. The molecule has 1 aliphatic rings. The summed E-state index contributed by atoms with van der Waals surface area (Å²) in [6.45, 7) is 6.83. The van der Waals surface area contributed by atoms with Crippen molar-refractivity contribution in [3.05, 3.63) is 16.7 Å². The molecule has 1 aromatic heterocycles. The lowest BCUT2D eigenvalue weighted by atomic mass is 9.87. The van der Waals surface area contributed by atoms with Crippen molar-refractivity contribution in [2.45, 2.75) is 26.7 Å². The molecule has 0 amide bonds. The normalized spacial score (nSPS) is 17.8. The van der Waals surface area contributed by atoms with E-state index in [0.29, 0.717) is 5.69 Å². The molecule has 94 valence electrons. The first kappa shape index (κ1) is 12.7. The zero-order valence-electron chi connectivity index (χ0n) is 10.5. The summed E-state index contributed by atoms with van der Waals surface area (Å²) in [5.74, 6) is 2.68. The van der Waals surface area contributed by atoms with Gasteiger partial charge in [-0.3, -0.25) is 0 Å². The Balaban J connectivity index is 2.05. The van der Waals surface area contributed by atoms with Crippen LogP contribution in [0.25, 0.3) is 0 Å². The summed E-state index contributed by atoms with van der Waals surface area (Å²) in [4.78, 5) is 6.78. The smallest absolute Gasteiger partial charge is 0.143 e. The molecule has 2 rings (SSSR count). The van der Waals surface area contributed by atoms with Gasteiger partial charge in [-0.05, 0) is 46.7 Å². The number of hydrogen-bond acceptors (Lipinski definition) is 3. The number of rotatable bonds is 2. The highest BCUT2D eigenvalue weighted by Crippen LogP contribution is 2.31. The summed E-state index contributed by atoms with van der Waals surface area (Å²) in [7, 11) is 0. The Morgan fingerprint density at radius 2 is 2.06 bits per heavy atom. The molecular formula is C13H20BrN3. The van der Waals surface area contributed by atoms with E-state index < -0.39 is 0 Å². The first-order valence-electron chi connectivity index (χ1n) is 6.24. The van der Waals surface area contributed by atoms with Crippen LogP contribution in [0.5, 0.6) is 0 Å². The maximum Gasteiger partial charge on any atom is 0.143 e. The van der Waals surface area contributed by atoms with Crippen molar-refractivity contribution in [1.82, 2.24) is 4.98 Å². The van der Waals surface area contributed by atoms with Gasteiger partial charge in [0.25, 0.3) is 0 Å². The van der Waals surface area contributed by atoms with Crippen LogP contribution >= 0.6 is 15.9 Å². The van der Waals surface area contributed by atoms with Gasteiger partial charge in [0, 0.05) is 13.1 Å². The van der Waals surface area contributed by atoms with E-state index in [2.05, 4.69) is 39.7 Å². The molecule has 0 atom stereocenters. The van der Waals surface area contributed by atoms with Gasteiger partial charge in [-0.15, -0.1) is 0 Å². The second-order valence-electron chi connectivity index (χ2n) is 5.14. The van der Waals surface area contributed by atoms with Gasteiger partial charge in [-0.2, -0.15) is 0 Å². The molecule has 17 heavy (non-hydrogen) atoms. The van der Waals surface area contributed by atoms with Crippen LogP contribution in [0.2, 0.25) is 0 Å². The Morgan fingerprint density at radius 3 is 2.59 bits per heavy atom. The minimum absolute atomic E-state index is 0.706. The quantitative estimate of drug-likeness (QED) is 0.911. The average Bonchev–Trinajstić information content (AvgIpc) is 2.29. The largest absolute Gasteiger partial charge is 0.397 e. The van der Waals surface area contributed by atoms with Crippen molar-refractivity contribution in [3.8, 4) is 0 Å². The third kappa shape index (κ3) is 2.92. The van der Waals surface area contributed by atoms with Gasteiger partial charge < -0.3 is 10.6 Å². The molecule has 0 aromatic carbocycles. The van der Waals surface area contributed by atoms with E-state index in [9.17, 15) is 0 Å². The predicted octanol–water partition coefficient (Wildman–Crippen LogP) is 3.30. The number of halogens is 1. The van der Waals surface area contributed by atoms with Gasteiger partial charge in [0.1, 0.15) is 5.82 Å². The van der Waals surface area contributed by atoms with E-state index in [1.54, 1.807) is 6.20 Å². The van der Waals surface area contributed by atoms with Crippen LogP contribution in [0.1, 0.15) is 26.7 Å². The van der Waals surface area contributed by atoms with Gasteiger partial charge >= 0.3 is 0 Å². The van der Waals surface area contributed by atoms with Crippen molar-refractivity contribution in [1.29, 1.82) is 0 Å². The van der Waals surface area contributed by atoms with Gasteiger partial charge in [-0.25, -0.2) is 4.98 Å². The molecule has 3 nitrogen and oxygen atoms in total. The Morgan fingerprint density at radius 1 is 1.41 bits per heavy atom. The lowest BCUT2D eigenvalue weighted by Gasteiger charge is -2.35. The van der Waals surface area contributed by atoms with E-state index in [4.69, 9.17) is 5.73 Å². The number of nitrogen functional groups attached to an aromatic ring is 1. The van der Waals surface area contributed by atoms with E-state index in [0.717, 1.165) is 35.2 Å². The Hall–Kier alpha value is -0.770. The minimum atomic E-state index is 0.706. The molecule has 0 aliphatic carbocycles. The standard InChI is InChI=1S/C13H20BrN3/c1-9(2)10-3-5-17(6-4-10)13-12(14)7-11(15)8-16-13/h7-10H,3-6,15H2,1-2H3. The fraction of sp³-hybridized carbons (Fsp3) is 0.615. The molecule has 2 N–H and O–H groups in total. The Bertz CT molecular complexity index is 384. The van der Waals surface area contributed by atoms with Crippen LogP contribution in [-0.4, -0.2) is 18.1 Å². The number of pyridine rings is 1. The molecule has 1 saturated heterocycles. The highest BCUT2D eigenvalue weighted by Gasteiger charge is 2.23. The summed E-state index contributed by atoms with van der Waals surface area (Å²) in [5, 5.41) is 0. The number of nitrogens with zero attached hydrogens (tertiary/aromatic N) is 2. The Labute approximate surface area is 112 Å². The maximum atomic E-state index is 5.71. The summed E-state index contributed by atoms with van der Waals surface area (Å²) in [5.41, 5.74) is 6.41. The topological polar surface area (TPSA) is 42.2 Å². The van der Waals surface area contributed by atoms with Crippen LogP contribution in [0.15, 0.2) is 16.7 Å². The van der Waals surface area contributed by atoms with Crippen LogP contribution in [0.4, 0.5) is 11.5 Å². The summed E-state index contributed by atoms with van der Waals surface area (Å²) >= 11 is 3.54. The molecule has 0 saturated carbocycles. The lowest BCUT2D eigenvalue weighted by molar-refractivity contribution is 0.310. The summed E-state index contributed by atoms with van der Waals surface area (Å²) in [6.07, 6.45) is 4.25. The van der Waals surface area contributed by atoms with Crippen molar-refractivity contribution >= 4 is 27.4 Å². The maximum absolute atomic E-state index is 5.71. The summed E-state index contributed by atoms with van der Waals surface area (Å²) in [6, 6.07) is 1.93. The first-order chi connectivity index (χ1) is 8.08. The molecule has 0 spiro atoms. The van der Waals surface area contributed by atoms with Crippen molar-refractivity contribution in [3.63, 3.8) is 0 Å². The van der Waals surface area contributed by atoms with Gasteiger partial charge in [-0.1, -0.05) is 13.8 Å². The van der Waals surface area contributed by atoms with E-state index in [1.807, 2.05) is 6.07 Å². The van der Waals surface area contributed by atoms with Gasteiger partial charge in [0.2, 0.25) is 0 Å². The van der Waals surface area contributed by atoms with Crippen molar-refractivity contribution in [2.24, 2.45) is 11.8 Å². The Kier molecular flexibility index (Phi) is 3.92. The highest BCUT2D eigenvalue weighted by atomic mass is 79.9. The molecule has 1 fully saturated rings. The third-order valence-electron chi connectivity index (χ3n) is 3.62. The molecule has 4 heteroatoms. The molecule has 1 aromatic rings. The SMILES string of the molecule is CC(C)C1CCN(c2ncc(N)cc2Br)CC1. The fourth-order valence-electron chi connectivity index (χ4n) is 2.46. The second kappa shape index (κ2) is 5.25. The zero-order chi connectivity index (χ0) is 12.4. The molecule has 0 unspecified atom stereocenters. The van der Waals surface area contributed by atoms with Crippen LogP contribution in [0.3, 0.4) is 0 Å². The molecule has 0 bridgehead atoms. The number of hydrogen-bond donors (Lipinski definition) is 1. The monoisotopic (exact) mass is 297 g/mol. The molecule has 2 heterocycles. The molecular weight excluding hydrogens is 278 g/mol. The van der Waals surface area contributed by atoms with Gasteiger partial charge in [0.05, 0.1) is 16.4 Å². The second-order valence-corrected chi connectivity index (χ2v) is 6.00. The van der Waals surface area contributed by atoms with Crippen LogP contribution < -0.4 is 10.6 Å². The van der Waals surface area contributed by atoms with E-state index >= 15 is 0 Å².